The highest BCUT2D eigenvalue weighted by molar-refractivity contribution is 9.10. The van der Waals surface area contributed by atoms with Crippen molar-refractivity contribution in [1.29, 1.82) is 0 Å². The molecule has 2 N–H and O–H groups in total. The maximum absolute atomic E-state index is 6.57. The molecule has 3 nitrogen and oxygen atoms in total. The predicted molar refractivity (Wildman–Crippen MR) is 69.3 cm³/mol. The molecule has 0 saturated heterocycles. The summed E-state index contributed by atoms with van der Waals surface area (Å²) < 4.78 is 12.1. The second-order valence-corrected chi connectivity index (χ2v) is 5.81. The summed E-state index contributed by atoms with van der Waals surface area (Å²) in [7, 11) is 0. The topological polar surface area (TPSA) is 44.5 Å². The lowest BCUT2D eigenvalue weighted by Gasteiger charge is -2.28. The summed E-state index contributed by atoms with van der Waals surface area (Å²) in [4.78, 5) is 0. The van der Waals surface area contributed by atoms with Gasteiger partial charge in [-0.2, -0.15) is 0 Å². The molecule has 1 aromatic carbocycles. The molecule has 0 bridgehead atoms. The Labute approximate surface area is 109 Å². The molecule has 1 heterocycles. The van der Waals surface area contributed by atoms with Crippen LogP contribution in [0.15, 0.2) is 10.5 Å². The number of halogens is 1. The van der Waals surface area contributed by atoms with Gasteiger partial charge >= 0.3 is 0 Å². The molecule has 92 valence electrons. The maximum atomic E-state index is 6.57. The second kappa shape index (κ2) is 3.89. The summed E-state index contributed by atoms with van der Waals surface area (Å²) in [5, 5.41) is 0. The van der Waals surface area contributed by atoms with Gasteiger partial charge in [0.2, 0.25) is 6.79 Å². The normalized spacial score (nSPS) is 20.9. The van der Waals surface area contributed by atoms with Crippen LogP contribution in [0, 0.1) is 6.92 Å². The lowest BCUT2D eigenvalue weighted by atomic mass is 9.85. The van der Waals surface area contributed by atoms with Crippen LogP contribution in [0.5, 0.6) is 11.5 Å². The summed E-state index contributed by atoms with van der Waals surface area (Å²) >= 11 is 3.58. The van der Waals surface area contributed by atoms with Crippen LogP contribution in [0.3, 0.4) is 0 Å². The number of ether oxygens (including phenoxy) is 2. The van der Waals surface area contributed by atoms with E-state index in [1.165, 1.54) is 18.4 Å². The van der Waals surface area contributed by atoms with Gasteiger partial charge in [0.1, 0.15) is 0 Å². The van der Waals surface area contributed by atoms with Crippen LogP contribution in [0.1, 0.15) is 36.8 Å². The number of hydrogen-bond acceptors (Lipinski definition) is 3. The third-order valence-electron chi connectivity index (χ3n) is 3.85. The van der Waals surface area contributed by atoms with Crippen LogP contribution in [-0.2, 0) is 5.54 Å². The largest absolute Gasteiger partial charge is 0.454 e. The summed E-state index contributed by atoms with van der Waals surface area (Å²) in [6, 6.07) is 1.97. The van der Waals surface area contributed by atoms with Gasteiger partial charge < -0.3 is 15.2 Å². The van der Waals surface area contributed by atoms with E-state index in [4.69, 9.17) is 15.2 Å². The Morgan fingerprint density at radius 2 is 2.00 bits per heavy atom. The number of rotatable bonds is 1. The highest BCUT2D eigenvalue weighted by Gasteiger charge is 2.38. The Kier molecular flexibility index (Phi) is 2.60. The van der Waals surface area contributed by atoms with Gasteiger partial charge in [0, 0.05) is 15.6 Å². The smallest absolute Gasteiger partial charge is 0.231 e. The summed E-state index contributed by atoms with van der Waals surface area (Å²) in [5.41, 5.74) is 8.64. The predicted octanol–water partition coefficient (Wildman–Crippen LogP) is 3.21. The van der Waals surface area contributed by atoms with Crippen molar-refractivity contribution in [1.82, 2.24) is 0 Å². The van der Waals surface area contributed by atoms with Crippen LogP contribution in [-0.4, -0.2) is 6.79 Å². The van der Waals surface area contributed by atoms with E-state index < -0.39 is 0 Å². The molecular weight excluding hydrogens is 282 g/mol. The first kappa shape index (κ1) is 11.4. The van der Waals surface area contributed by atoms with Crippen molar-refractivity contribution in [2.75, 3.05) is 6.79 Å². The van der Waals surface area contributed by atoms with Crippen molar-refractivity contribution in [3.05, 3.63) is 21.7 Å². The van der Waals surface area contributed by atoms with E-state index in [1.807, 2.05) is 6.07 Å². The van der Waals surface area contributed by atoms with Crippen LogP contribution in [0.2, 0.25) is 0 Å². The minimum atomic E-state index is -0.244. The zero-order valence-corrected chi connectivity index (χ0v) is 11.5. The van der Waals surface area contributed by atoms with Crippen molar-refractivity contribution >= 4 is 15.9 Å². The maximum Gasteiger partial charge on any atom is 0.231 e. The molecule has 0 aromatic heterocycles. The highest BCUT2D eigenvalue weighted by atomic mass is 79.9. The standard InChI is InChI=1S/C13H16BrNO2/c1-8-9(14)6-10-12(17-7-16-10)11(8)13(15)4-2-3-5-13/h6H,2-5,7,15H2,1H3. The molecule has 17 heavy (non-hydrogen) atoms. The molecule has 1 saturated carbocycles. The minimum absolute atomic E-state index is 0.244. The fraction of sp³-hybridized carbons (Fsp3) is 0.538. The fourth-order valence-electron chi connectivity index (χ4n) is 2.96. The monoisotopic (exact) mass is 297 g/mol. The van der Waals surface area contributed by atoms with Crippen molar-refractivity contribution < 1.29 is 9.47 Å². The van der Waals surface area contributed by atoms with E-state index in [1.54, 1.807) is 0 Å². The molecular formula is C13H16BrNO2. The lowest BCUT2D eigenvalue weighted by Crippen LogP contribution is -2.34. The minimum Gasteiger partial charge on any atom is -0.454 e. The molecule has 1 aromatic rings. The fourth-order valence-corrected chi connectivity index (χ4v) is 3.37. The molecule has 0 spiro atoms. The zero-order valence-electron chi connectivity index (χ0n) is 9.88. The molecule has 4 heteroatoms. The van der Waals surface area contributed by atoms with Gasteiger partial charge in [-0.1, -0.05) is 28.8 Å². The van der Waals surface area contributed by atoms with Crippen molar-refractivity contribution in [2.24, 2.45) is 5.73 Å². The number of fused-ring (bicyclic) bond motifs is 1. The van der Waals surface area contributed by atoms with Crippen molar-refractivity contribution in [2.45, 2.75) is 38.1 Å². The molecule has 1 fully saturated rings. The van der Waals surface area contributed by atoms with Crippen LogP contribution >= 0.6 is 15.9 Å². The number of nitrogens with two attached hydrogens (primary N) is 1. The second-order valence-electron chi connectivity index (χ2n) is 4.96. The van der Waals surface area contributed by atoms with E-state index >= 15 is 0 Å². The van der Waals surface area contributed by atoms with Gasteiger partial charge in [0.15, 0.2) is 11.5 Å². The first-order valence-electron chi connectivity index (χ1n) is 6.00. The molecule has 0 radical (unpaired) electrons. The van der Waals surface area contributed by atoms with Gasteiger partial charge in [-0.3, -0.25) is 0 Å². The van der Waals surface area contributed by atoms with E-state index in [2.05, 4.69) is 22.9 Å². The van der Waals surface area contributed by atoms with E-state index in [0.29, 0.717) is 6.79 Å². The zero-order chi connectivity index (χ0) is 12.0. The third kappa shape index (κ3) is 1.66. The molecule has 0 atom stereocenters. The molecule has 2 aliphatic rings. The van der Waals surface area contributed by atoms with Gasteiger partial charge in [-0.25, -0.2) is 0 Å². The Bertz CT molecular complexity index is 467. The van der Waals surface area contributed by atoms with E-state index in [9.17, 15) is 0 Å². The summed E-state index contributed by atoms with van der Waals surface area (Å²) in [6.45, 7) is 2.39. The average Bonchev–Trinajstić information content (AvgIpc) is 2.89. The first-order chi connectivity index (χ1) is 8.12. The molecule has 1 aliphatic heterocycles. The SMILES string of the molecule is Cc1c(Br)cc2c(c1C1(N)CCCC1)OCO2. The molecule has 1 aliphatic carbocycles. The summed E-state index contributed by atoms with van der Waals surface area (Å²) in [5.74, 6) is 1.67. The third-order valence-corrected chi connectivity index (χ3v) is 4.68. The van der Waals surface area contributed by atoms with Crippen molar-refractivity contribution in [3.63, 3.8) is 0 Å². The van der Waals surface area contributed by atoms with Crippen molar-refractivity contribution in [3.8, 4) is 11.5 Å². The van der Waals surface area contributed by atoms with E-state index in [0.717, 1.165) is 34.4 Å². The van der Waals surface area contributed by atoms with Crippen LogP contribution < -0.4 is 15.2 Å². The lowest BCUT2D eigenvalue weighted by molar-refractivity contribution is 0.172. The highest BCUT2D eigenvalue weighted by Crippen LogP contribution is 2.49. The van der Waals surface area contributed by atoms with Crippen LogP contribution in [0.4, 0.5) is 0 Å². The first-order valence-corrected chi connectivity index (χ1v) is 6.79. The Hall–Kier alpha value is -0.740. The Balaban J connectivity index is 2.21. The Morgan fingerprint density at radius 3 is 2.71 bits per heavy atom. The quantitative estimate of drug-likeness (QED) is 0.866. The molecule has 3 rings (SSSR count). The van der Waals surface area contributed by atoms with Gasteiger partial charge in [0.25, 0.3) is 0 Å². The van der Waals surface area contributed by atoms with Gasteiger partial charge in [-0.05, 0) is 31.4 Å². The molecule has 0 unspecified atom stereocenters. The number of hydrogen-bond donors (Lipinski definition) is 1. The van der Waals surface area contributed by atoms with Gasteiger partial charge in [-0.15, -0.1) is 0 Å². The Morgan fingerprint density at radius 1 is 1.29 bits per heavy atom. The van der Waals surface area contributed by atoms with Gasteiger partial charge in [0.05, 0.1) is 0 Å². The number of benzene rings is 1. The average molecular weight is 298 g/mol. The van der Waals surface area contributed by atoms with E-state index in [-0.39, 0.29) is 5.54 Å². The molecule has 0 amide bonds. The summed E-state index contributed by atoms with van der Waals surface area (Å²) in [6.07, 6.45) is 4.44. The van der Waals surface area contributed by atoms with Crippen LogP contribution in [0.25, 0.3) is 0 Å².